The van der Waals surface area contributed by atoms with E-state index < -0.39 is 0 Å². The molecule has 0 heterocycles. The molecule has 3 heteroatoms. The maximum atomic E-state index is 12.1. The van der Waals surface area contributed by atoms with Gasteiger partial charge < -0.3 is 10.6 Å². The Kier molecular flexibility index (Phi) is 5.45. The van der Waals surface area contributed by atoms with Gasteiger partial charge in [-0.2, -0.15) is 0 Å². The highest BCUT2D eigenvalue weighted by Crippen LogP contribution is 2.26. The molecule has 1 aromatic rings. The van der Waals surface area contributed by atoms with Crippen LogP contribution in [0.5, 0.6) is 0 Å². The normalized spacial score (nSPS) is 17.5. The van der Waals surface area contributed by atoms with Gasteiger partial charge in [0.15, 0.2) is 0 Å². The molecular formula is C17H26N2O. The summed E-state index contributed by atoms with van der Waals surface area (Å²) in [4.78, 5) is 12.1. The molecule has 20 heavy (non-hydrogen) atoms. The third kappa shape index (κ3) is 3.99. The van der Waals surface area contributed by atoms with Gasteiger partial charge >= 0.3 is 6.03 Å². The number of anilines is 1. The van der Waals surface area contributed by atoms with E-state index in [-0.39, 0.29) is 6.03 Å². The van der Waals surface area contributed by atoms with Crippen LogP contribution in [0.4, 0.5) is 10.5 Å². The van der Waals surface area contributed by atoms with Crippen LogP contribution in [0, 0.1) is 0 Å². The highest BCUT2D eigenvalue weighted by Gasteiger charge is 2.16. The summed E-state index contributed by atoms with van der Waals surface area (Å²) in [5, 5.41) is 6.12. The molecule has 0 radical (unpaired) electrons. The first-order valence-electron chi connectivity index (χ1n) is 7.87. The zero-order valence-corrected chi connectivity index (χ0v) is 12.6. The Bertz CT molecular complexity index is 438. The molecule has 1 atom stereocenters. The predicted octanol–water partition coefficient (Wildman–Crippen LogP) is 4.65. The van der Waals surface area contributed by atoms with Crippen LogP contribution in [-0.4, -0.2) is 12.1 Å². The lowest BCUT2D eigenvalue weighted by atomic mass is 9.95. The molecule has 1 fully saturated rings. The van der Waals surface area contributed by atoms with Crippen molar-refractivity contribution < 1.29 is 4.79 Å². The third-order valence-electron chi connectivity index (χ3n) is 4.29. The van der Waals surface area contributed by atoms with E-state index in [1.165, 1.54) is 24.8 Å². The van der Waals surface area contributed by atoms with Gasteiger partial charge in [0, 0.05) is 11.7 Å². The van der Waals surface area contributed by atoms with Crippen LogP contribution in [0.15, 0.2) is 24.3 Å². The van der Waals surface area contributed by atoms with Crippen molar-refractivity contribution in [2.75, 3.05) is 5.32 Å². The molecule has 1 aliphatic carbocycles. The standard InChI is InChI=1S/C17H26N2O/c1-3-13(2)15-11-7-8-12-16(15)19-17(20)18-14-9-5-4-6-10-14/h7-8,11-14H,3-6,9-10H2,1-2H3,(H2,18,19,20)/t13-/m1/s1. The Morgan fingerprint density at radius 1 is 1.25 bits per heavy atom. The van der Waals surface area contributed by atoms with E-state index in [9.17, 15) is 4.79 Å². The first kappa shape index (κ1) is 14.9. The van der Waals surface area contributed by atoms with Crippen LogP contribution in [-0.2, 0) is 0 Å². The number of hydrogen-bond acceptors (Lipinski definition) is 1. The van der Waals surface area contributed by atoms with E-state index in [4.69, 9.17) is 0 Å². The number of amides is 2. The monoisotopic (exact) mass is 274 g/mol. The van der Waals surface area contributed by atoms with Crippen LogP contribution < -0.4 is 10.6 Å². The fourth-order valence-corrected chi connectivity index (χ4v) is 2.85. The molecule has 1 aromatic carbocycles. The maximum absolute atomic E-state index is 12.1. The predicted molar refractivity (Wildman–Crippen MR) is 84.2 cm³/mol. The third-order valence-corrected chi connectivity index (χ3v) is 4.29. The Morgan fingerprint density at radius 2 is 1.95 bits per heavy atom. The minimum atomic E-state index is -0.0624. The Balaban J connectivity index is 1.96. The molecule has 1 aliphatic rings. The smallest absolute Gasteiger partial charge is 0.319 e. The quantitative estimate of drug-likeness (QED) is 0.824. The zero-order valence-electron chi connectivity index (χ0n) is 12.6. The highest BCUT2D eigenvalue weighted by molar-refractivity contribution is 5.90. The molecule has 0 spiro atoms. The molecule has 0 aromatic heterocycles. The summed E-state index contributed by atoms with van der Waals surface area (Å²) >= 11 is 0. The summed E-state index contributed by atoms with van der Waals surface area (Å²) in [7, 11) is 0. The van der Waals surface area contributed by atoms with E-state index in [1.54, 1.807) is 0 Å². The second-order valence-electron chi connectivity index (χ2n) is 5.83. The summed E-state index contributed by atoms with van der Waals surface area (Å²) in [5.41, 5.74) is 2.16. The Hall–Kier alpha value is -1.51. The van der Waals surface area contributed by atoms with Crippen molar-refractivity contribution in [2.45, 2.75) is 64.3 Å². The van der Waals surface area contributed by atoms with E-state index in [2.05, 4.69) is 30.5 Å². The van der Waals surface area contributed by atoms with Gasteiger partial charge in [-0.1, -0.05) is 51.3 Å². The van der Waals surface area contributed by atoms with E-state index in [0.717, 1.165) is 24.9 Å². The minimum absolute atomic E-state index is 0.0624. The summed E-state index contributed by atoms with van der Waals surface area (Å²) in [6.07, 6.45) is 7.06. The van der Waals surface area contributed by atoms with Crippen molar-refractivity contribution in [3.63, 3.8) is 0 Å². The second-order valence-corrected chi connectivity index (χ2v) is 5.83. The van der Waals surface area contributed by atoms with Gasteiger partial charge in [0.1, 0.15) is 0 Å². The number of carbonyl (C=O) groups excluding carboxylic acids is 1. The molecule has 2 amide bonds. The number of nitrogens with one attached hydrogen (secondary N) is 2. The van der Waals surface area contributed by atoms with Gasteiger partial charge in [-0.25, -0.2) is 4.79 Å². The molecule has 110 valence electrons. The topological polar surface area (TPSA) is 41.1 Å². The van der Waals surface area contributed by atoms with Crippen LogP contribution in [0.1, 0.15) is 63.9 Å². The van der Waals surface area contributed by atoms with Gasteiger partial charge in [0.2, 0.25) is 0 Å². The largest absolute Gasteiger partial charge is 0.335 e. The SMILES string of the molecule is CC[C@@H](C)c1ccccc1NC(=O)NC1CCCCC1. The molecule has 0 bridgehead atoms. The molecule has 2 rings (SSSR count). The number of benzene rings is 1. The number of para-hydroxylation sites is 1. The van der Waals surface area contributed by atoms with Crippen molar-refractivity contribution >= 4 is 11.7 Å². The van der Waals surface area contributed by atoms with Gasteiger partial charge in [0.25, 0.3) is 0 Å². The highest BCUT2D eigenvalue weighted by atomic mass is 16.2. The Morgan fingerprint density at radius 3 is 2.65 bits per heavy atom. The minimum Gasteiger partial charge on any atom is -0.335 e. The van der Waals surface area contributed by atoms with Gasteiger partial charge in [-0.15, -0.1) is 0 Å². The number of urea groups is 1. The first-order valence-corrected chi connectivity index (χ1v) is 7.87. The molecule has 2 N–H and O–H groups in total. The van der Waals surface area contributed by atoms with Crippen LogP contribution in [0.3, 0.4) is 0 Å². The lowest BCUT2D eigenvalue weighted by Crippen LogP contribution is -2.39. The average molecular weight is 274 g/mol. The zero-order chi connectivity index (χ0) is 14.4. The van der Waals surface area contributed by atoms with Crippen molar-refractivity contribution in [3.8, 4) is 0 Å². The molecule has 1 saturated carbocycles. The van der Waals surface area contributed by atoms with E-state index in [0.29, 0.717) is 12.0 Å². The maximum Gasteiger partial charge on any atom is 0.319 e. The van der Waals surface area contributed by atoms with Crippen molar-refractivity contribution in [2.24, 2.45) is 0 Å². The van der Waals surface area contributed by atoms with Crippen LogP contribution >= 0.6 is 0 Å². The lowest BCUT2D eigenvalue weighted by Gasteiger charge is -2.23. The summed E-state index contributed by atoms with van der Waals surface area (Å²) in [5.74, 6) is 0.459. The lowest BCUT2D eigenvalue weighted by molar-refractivity contribution is 0.244. The Labute approximate surface area is 122 Å². The molecule has 0 saturated heterocycles. The first-order chi connectivity index (χ1) is 9.70. The molecular weight excluding hydrogens is 248 g/mol. The fraction of sp³-hybridized carbons (Fsp3) is 0.588. The van der Waals surface area contributed by atoms with Gasteiger partial charge in [-0.3, -0.25) is 0 Å². The number of carbonyl (C=O) groups is 1. The number of hydrogen-bond donors (Lipinski definition) is 2. The van der Waals surface area contributed by atoms with E-state index >= 15 is 0 Å². The van der Waals surface area contributed by atoms with Crippen molar-refractivity contribution in [1.82, 2.24) is 5.32 Å². The van der Waals surface area contributed by atoms with Gasteiger partial charge in [0.05, 0.1) is 0 Å². The summed E-state index contributed by atoms with van der Waals surface area (Å²) in [6, 6.07) is 8.38. The molecule has 0 aliphatic heterocycles. The van der Waals surface area contributed by atoms with Crippen molar-refractivity contribution in [1.29, 1.82) is 0 Å². The summed E-state index contributed by atoms with van der Waals surface area (Å²) in [6.45, 7) is 4.36. The van der Waals surface area contributed by atoms with Gasteiger partial charge in [-0.05, 0) is 36.8 Å². The van der Waals surface area contributed by atoms with E-state index in [1.807, 2.05) is 18.2 Å². The fourth-order valence-electron chi connectivity index (χ4n) is 2.85. The van der Waals surface area contributed by atoms with Crippen LogP contribution in [0.25, 0.3) is 0 Å². The van der Waals surface area contributed by atoms with Crippen LogP contribution in [0.2, 0.25) is 0 Å². The number of rotatable bonds is 4. The second kappa shape index (κ2) is 7.32. The average Bonchev–Trinajstić information content (AvgIpc) is 2.48. The molecule has 3 nitrogen and oxygen atoms in total. The molecule has 0 unspecified atom stereocenters. The summed E-state index contributed by atoms with van der Waals surface area (Å²) < 4.78 is 0. The van der Waals surface area contributed by atoms with Crippen molar-refractivity contribution in [3.05, 3.63) is 29.8 Å².